The second-order valence-electron chi connectivity index (χ2n) is 7.29. The molecule has 3 aromatic rings. The first-order valence-electron chi connectivity index (χ1n) is 9.25. The lowest BCUT2D eigenvalue weighted by Gasteiger charge is -2.19. The molecule has 0 aliphatic carbocycles. The van der Waals surface area contributed by atoms with Crippen molar-refractivity contribution in [3.05, 3.63) is 76.5 Å². The first-order chi connectivity index (χ1) is 14.2. The van der Waals surface area contributed by atoms with Crippen LogP contribution in [0.4, 0.5) is 4.39 Å². The van der Waals surface area contributed by atoms with E-state index in [1.54, 1.807) is 32.0 Å². The summed E-state index contributed by atoms with van der Waals surface area (Å²) in [5.41, 5.74) is -0.257. The second kappa shape index (κ2) is 8.96. The fourth-order valence-corrected chi connectivity index (χ4v) is 2.58. The van der Waals surface area contributed by atoms with Crippen LogP contribution in [0.15, 0.2) is 59.5 Å². The van der Waals surface area contributed by atoms with E-state index in [0.29, 0.717) is 28.5 Å². The summed E-state index contributed by atoms with van der Waals surface area (Å²) in [7, 11) is 1.49. The van der Waals surface area contributed by atoms with E-state index in [1.807, 2.05) is 0 Å². The molecule has 0 bridgehead atoms. The van der Waals surface area contributed by atoms with E-state index in [2.05, 4.69) is 5.10 Å². The lowest BCUT2D eigenvalue weighted by molar-refractivity contribution is 0.0276. The Balaban J connectivity index is 1.75. The molecule has 2 aromatic carbocycles. The smallest absolute Gasteiger partial charge is 0.271 e. The molecule has 0 aliphatic heterocycles. The number of hydrogen-bond acceptors (Lipinski definition) is 6. The SMILES string of the molecule is COc1cc(-n2ncc(COc3ccc(F)cc3)cc2=O)ccc1OCC(C)(C)O. The summed E-state index contributed by atoms with van der Waals surface area (Å²) in [6.07, 6.45) is 1.52. The van der Waals surface area contributed by atoms with Crippen molar-refractivity contribution in [3.8, 4) is 22.9 Å². The molecule has 0 atom stereocenters. The maximum absolute atomic E-state index is 12.9. The van der Waals surface area contributed by atoms with Gasteiger partial charge in [-0.05, 0) is 50.2 Å². The zero-order chi connectivity index (χ0) is 21.7. The topological polar surface area (TPSA) is 82.8 Å². The molecule has 0 radical (unpaired) electrons. The summed E-state index contributed by atoms with van der Waals surface area (Å²) in [4.78, 5) is 12.5. The third-order valence-corrected chi connectivity index (χ3v) is 4.05. The quantitative estimate of drug-likeness (QED) is 0.610. The fourth-order valence-electron chi connectivity index (χ4n) is 2.58. The fraction of sp³-hybridized carbons (Fsp3) is 0.273. The monoisotopic (exact) mass is 414 g/mol. The molecule has 0 spiro atoms. The Kier molecular flexibility index (Phi) is 6.37. The van der Waals surface area contributed by atoms with Gasteiger partial charge in [0.25, 0.3) is 5.56 Å². The molecule has 158 valence electrons. The summed E-state index contributed by atoms with van der Waals surface area (Å²) in [6.45, 7) is 3.49. The van der Waals surface area contributed by atoms with E-state index in [4.69, 9.17) is 14.2 Å². The minimum atomic E-state index is -0.992. The Hall–Kier alpha value is -3.39. The van der Waals surface area contributed by atoms with Crippen molar-refractivity contribution in [1.82, 2.24) is 9.78 Å². The molecule has 0 aliphatic rings. The van der Waals surface area contributed by atoms with Crippen molar-refractivity contribution in [2.75, 3.05) is 13.7 Å². The van der Waals surface area contributed by atoms with Crippen molar-refractivity contribution in [1.29, 1.82) is 0 Å². The Morgan fingerprint density at radius 3 is 2.43 bits per heavy atom. The van der Waals surface area contributed by atoms with Gasteiger partial charge in [-0.2, -0.15) is 9.78 Å². The van der Waals surface area contributed by atoms with Crippen LogP contribution in [-0.2, 0) is 6.61 Å². The first-order valence-corrected chi connectivity index (χ1v) is 9.25. The molecule has 0 saturated carbocycles. The van der Waals surface area contributed by atoms with E-state index in [-0.39, 0.29) is 24.6 Å². The van der Waals surface area contributed by atoms with Gasteiger partial charge >= 0.3 is 0 Å². The van der Waals surface area contributed by atoms with Crippen LogP contribution >= 0.6 is 0 Å². The maximum atomic E-state index is 12.9. The molecule has 1 heterocycles. The van der Waals surface area contributed by atoms with Gasteiger partial charge < -0.3 is 19.3 Å². The molecule has 0 unspecified atom stereocenters. The summed E-state index contributed by atoms with van der Waals surface area (Å²) >= 11 is 0. The first kappa shape index (κ1) is 21.3. The molecule has 30 heavy (non-hydrogen) atoms. The number of aromatic nitrogens is 2. The van der Waals surface area contributed by atoms with E-state index in [9.17, 15) is 14.3 Å². The second-order valence-corrected chi connectivity index (χ2v) is 7.29. The Morgan fingerprint density at radius 2 is 1.80 bits per heavy atom. The molecular weight excluding hydrogens is 391 g/mol. The van der Waals surface area contributed by atoms with E-state index in [0.717, 1.165) is 0 Å². The number of ether oxygens (including phenoxy) is 3. The molecular formula is C22H23FN2O5. The molecule has 1 N–H and O–H groups in total. The van der Waals surface area contributed by atoms with Gasteiger partial charge in [0.05, 0.1) is 24.6 Å². The highest BCUT2D eigenvalue weighted by Crippen LogP contribution is 2.29. The number of benzene rings is 2. The maximum Gasteiger partial charge on any atom is 0.271 e. The predicted molar refractivity (Wildman–Crippen MR) is 109 cm³/mol. The van der Waals surface area contributed by atoms with Crippen LogP contribution < -0.4 is 19.8 Å². The van der Waals surface area contributed by atoms with Crippen LogP contribution in [0.5, 0.6) is 17.2 Å². The van der Waals surface area contributed by atoms with Crippen LogP contribution in [0.2, 0.25) is 0 Å². The minimum absolute atomic E-state index is 0.0870. The summed E-state index contributed by atoms with van der Waals surface area (Å²) in [5.74, 6) is 1.00. The number of methoxy groups -OCH3 is 1. The Labute approximate surface area is 173 Å². The highest BCUT2D eigenvalue weighted by molar-refractivity contribution is 5.48. The summed E-state index contributed by atoms with van der Waals surface area (Å²) < 4.78 is 30.6. The summed E-state index contributed by atoms with van der Waals surface area (Å²) in [6, 6.07) is 12.0. The van der Waals surface area contributed by atoms with Gasteiger partial charge in [-0.15, -0.1) is 0 Å². The van der Waals surface area contributed by atoms with Crippen molar-refractivity contribution in [2.24, 2.45) is 0 Å². The van der Waals surface area contributed by atoms with Crippen LogP contribution in [-0.4, -0.2) is 34.2 Å². The van der Waals surface area contributed by atoms with Crippen molar-refractivity contribution in [3.63, 3.8) is 0 Å². The lowest BCUT2D eigenvalue weighted by Crippen LogP contribution is -2.28. The normalized spacial score (nSPS) is 11.2. The van der Waals surface area contributed by atoms with E-state index in [1.165, 1.54) is 48.3 Å². The van der Waals surface area contributed by atoms with Crippen LogP contribution in [0, 0.1) is 5.82 Å². The highest BCUT2D eigenvalue weighted by atomic mass is 19.1. The molecule has 0 saturated heterocycles. The van der Waals surface area contributed by atoms with Crippen molar-refractivity contribution >= 4 is 0 Å². The number of halogens is 1. The Bertz CT molecular complexity index is 1060. The van der Waals surface area contributed by atoms with E-state index < -0.39 is 5.60 Å². The van der Waals surface area contributed by atoms with Gasteiger partial charge in [0.15, 0.2) is 11.5 Å². The number of nitrogens with zero attached hydrogens (tertiary/aromatic N) is 2. The van der Waals surface area contributed by atoms with Crippen LogP contribution in [0.25, 0.3) is 5.69 Å². The van der Waals surface area contributed by atoms with E-state index >= 15 is 0 Å². The van der Waals surface area contributed by atoms with Gasteiger partial charge in [0, 0.05) is 17.7 Å². The Morgan fingerprint density at radius 1 is 1.07 bits per heavy atom. The van der Waals surface area contributed by atoms with Gasteiger partial charge in [0.1, 0.15) is 24.8 Å². The third-order valence-electron chi connectivity index (χ3n) is 4.05. The third kappa shape index (κ3) is 5.57. The average Bonchev–Trinajstić information content (AvgIpc) is 2.71. The van der Waals surface area contributed by atoms with Crippen molar-refractivity contribution in [2.45, 2.75) is 26.1 Å². The minimum Gasteiger partial charge on any atom is -0.493 e. The molecule has 0 amide bonds. The zero-order valence-electron chi connectivity index (χ0n) is 17.0. The number of aliphatic hydroxyl groups is 1. The molecule has 3 rings (SSSR count). The largest absolute Gasteiger partial charge is 0.493 e. The molecule has 1 aromatic heterocycles. The summed E-state index contributed by atoms with van der Waals surface area (Å²) in [5, 5.41) is 14.0. The number of rotatable bonds is 8. The van der Waals surface area contributed by atoms with Crippen molar-refractivity contribution < 1.29 is 23.7 Å². The van der Waals surface area contributed by atoms with Gasteiger partial charge in [-0.3, -0.25) is 4.79 Å². The predicted octanol–water partition coefficient (Wildman–Crippen LogP) is 3.11. The zero-order valence-corrected chi connectivity index (χ0v) is 17.0. The molecule has 7 nitrogen and oxygen atoms in total. The molecule has 8 heteroatoms. The molecule has 0 fully saturated rings. The van der Waals surface area contributed by atoms with Gasteiger partial charge in [-0.1, -0.05) is 0 Å². The van der Waals surface area contributed by atoms with Crippen LogP contribution in [0.3, 0.4) is 0 Å². The van der Waals surface area contributed by atoms with Gasteiger partial charge in [0.2, 0.25) is 0 Å². The number of hydrogen-bond donors (Lipinski definition) is 1. The lowest BCUT2D eigenvalue weighted by atomic mass is 10.2. The standard InChI is InChI=1S/C22H23FN2O5/c1-22(2,27)14-30-19-9-6-17(11-20(19)28-3)25-21(26)10-15(12-24-25)13-29-18-7-4-16(23)5-8-18/h4-12,27H,13-14H2,1-3H3. The van der Waals surface area contributed by atoms with Gasteiger partial charge in [-0.25, -0.2) is 4.39 Å². The average molecular weight is 414 g/mol. The highest BCUT2D eigenvalue weighted by Gasteiger charge is 2.16. The van der Waals surface area contributed by atoms with Crippen LogP contribution in [0.1, 0.15) is 19.4 Å².